The fraction of sp³-hybridized carbons (Fsp3) is 0.240. The average molecular weight is 435 g/mol. The number of benzene rings is 3. The molecule has 0 spiro atoms. The van der Waals surface area contributed by atoms with E-state index < -0.39 is 10.0 Å². The summed E-state index contributed by atoms with van der Waals surface area (Å²) < 4.78 is 27.9. The summed E-state index contributed by atoms with van der Waals surface area (Å²) in [6.45, 7) is 4.84. The van der Waals surface area contributed by atoms with E-state index in [4.69, 9.17) is 0 Å². The van der Waals surface area contributed by atoms with Crippen molar-refractivity contribution >= 4 is 21.6 Å². The molecule has 0 saturated carbocycles. The van der Waals surface area contributed by atoms with Crippen molar-refractivity contribution in [2.24, 2.45) is 0 Å². The quantitative estimate of drug-likeness (QED) is 0.648. The van der Waals surface area contributed by atoms with Crippen LogP contribution in [0.3, 0.4) is 0 Å². The highest BCUT2D eigenvalue weighted by molar-refractivity contribution is 7.92. The van der Waals surface area contributed by atoms with E-state index in [0.717, 1.165) is 23.1 Å². The molecule has 1 aliphatic heterocycles. The summed E-state index contributed by atoms with van der Waals surface area (Å²) in [5, 5.41) is 2.94. The highest BCUT2D eigenvalue weighted by Crippen LogP contribution is 2.32. The minimum absolute atomic E-state index is 0.165. The van der Waals surface area contributed by atoms with Gasteiger partial charge in [0.2, 0.25) is 0 Å². The van der Waals surface area contributed by atoms with E-state index in [0.29, 0.717) is 30.8 Å². The molecule has 0 unspecified atom stereocenters. The minimum atomic E-state index is -3.64. The fourth-order valence-electron chi connectivity index (χ4n) is 3.78. The van der Waals surface area contributed by atoms with Crippen LogP contribution < -0.4 is 9.62 Å². The maximum Gasteiger partial charge on any atom is 0.264 e. The number of hydrogen-bond donors (Lipinski definition) is 1. The van der Waals surface area contributed by atoms with Crippen LogP contribution in [0.15, 0.2) is 71.6 Å². The van der Waals surface area contributed by atoms with Crippen molar-refractivity contribution in [3.8, 4) is 0 Å². The van der Waals surface area contributed by atoms with E-state index in [1.54, 1.807) is 36.4 Å². The summed E-state index contributed by atoms with van der Waals surface area (Å²) in [5.41, 5.74) is 5.30. The van der Waals surface area contributed by atoms with Crippen LogP contribution >= 0.6 is 0 Å². The number of amides is 1. The number of anilines is 1. The Morgan fingerprint density at radius 2 is 1.58 bits per heavy atom. The predicted octanol–water partition coefficient (Wildman–Crippen LogP) is 4.37. The molecule has 1 amide bonds. The van der Waals surface area contributed by atoms with E-state index in [-0.39, 0.29) is 10.8 Å². The van der Waals surface area contributed by atoms with E-state index in [1.165, 1.54) is 9.87 Å². The molecule has 31 heavy (non-hydrogen) atoms. The Kier molecular flexibility index (Phi) is 5.83. The Bertz CT molecular complexity index is 1200. The van der Waals surface area contributed by atoms with Gasteiger partial charge in [0.25, 0.3) is 15.9 Å². The Hall–Kier alpha value is -3.12. The summed E-state index contributed by atoms with van der Waals surface area (Å²) >= 11 is 0. The van der Waals surface area contributed by atoms with Gasteiger partial charge in [-0.2, -0.15) is 0 Å². The smallest absolute Gasteiger partial charge is 0.264 e. The molecule has 0 bridgehead atoms. The molecule has 5 nitrogen and oxygen atoms in total. The van der Waals surface area contributed by atoms with E-state index in [1.807, 2.05) is 44.2 Å². The van der Waals surface area contributed by atoms with E-state index in [2.05, 4.69) is 5.32 Å². The zero-order valence-corrected chi connectivity index (χ0v) is 18.6. The first-order valence-corrected chi connectivity index (χ1v) is 11.8. The average Bonchev–Trinajstić information content (AvgIpc) is 2.78. The topological polar surface area (TPSA) is 66.5 Å². The molecule has 6 heteroatoms. The second-order valence-electron chi connectivity index (χ2n) is 8.01. The van der Waals surface area contributed by atoms with E-state index in [9.17, 15) is 13.2 Å². The minimum Gasteiger partial charge on any atom is -0.348 e. The van der Waals surface area contributed by atoms with Crippen LogP contribution in [0.4, 0.5) is 5.69 Å². The Morgan fingerprint density at radius 3 is 2.26 bits per heavy atom. The summed E-state index contributed by atoms with van der Waals surface area (Å²) in [7, 11) is -3.64. The molecule has 1 heterocycles. The summed E-state index contributed by atoms with van der Waals surface area (Å²) in [6, 6.07) is 20.2. The largest absolute Gasteiger partial charge is 0.348 e. The number of carbonyl (C=O) groups excluding carboxylic acids is 1. The highest BCUT2D eigenvalue weighted by atomic mass is 32.2. The maximum atomic E-state index is 13.2. The van der Waals surface area contributed by atoms with E-state index >= 15 is 0 Å². The van der Waals surface area contributed by atoms with Crippen molar-refractivity contribution in [2.45, 2.75) is 38.1 Å². The van der Waals surface area contributed by atoms with Crippen molar-refractivity contribution in [1.82, 2.24) is 5.32 Å². The molecule has 3 aromatic rings. The lowest BCUT2D eigenvalue weighted by Crippen LogP contribution is -2.35. The summed E-state index contributed by atoms with van der Waals surface area (Å²) in [5.74, 6) is -0.165. The van der Waals surface area contributed by atoms with Crippen molar-refractivity contribution in [1.29, 1.82) is 0 Å². The molecule has 0 aromatic heterocycles. The predicted molar refractivity (Wildman–Crippen MR) is 123 cm³/mol. The number of fused-ring (bicyclic) bond motifs is 1. The number of hydrogen-bond acceptors (Lipinski definition) is 3. The second-order valence-corrected chi connectivity index (χ2v) is 9.87. The monoisotopic (exact) mass is 434 g/mol. The van der Waals surface area contributed by atoms with Gasteiger partial charge in [0.15, 0.2) is 0 Å². The van der Waals surface area contributed by atoms with Gasteiger partial charge in [-0.15, -0.1) is 0 Å². The van der Waals surface area contributed by atoms with Crippen molar-refractivity contribution < 1.29 is 13.2 Å². The fourth-order valence-corrected chi connectivity index (χ4v) is 5.32. The third-order valence-electron chi connectivity index (χ3n) is 5.60. The van der Waals surface area contributed by atoms with Gasteiger partial charge >= 0.3 is 0 Å². The Balaban J connectivity index is 1.54. The first kappa shape index (κ1) is 21.1. The summed E-state index contributed by atoms with van der Waals surface area (Å²) in [4.78, 5) is 12.9. The molecule has 0 atom stereocenters. The normalized spacial score (nSPS) is 13.5. The standard InChI is InChI=1S/C25H26N2O3S/c1-18-5-9-20(10-6-18)17-26-25(28)22-11-14-24-21(16-22)4-3-15-27(24)31(29,30)23-12-7-19(2)8-13-23/h5-14,16H,3-4,15,17H2,1-2H3,(H,26,28). The number of nitrogens with zero attached hydrogens (tertiary/aromatic N) is 1. The number of sulfonamides is 1. The first-order valence-electron chi connectivity index (χ1n) is 10.4. The number of aryl methyl sites for hydroxylation is 3. The third kappa shape index (κ3) is 4.49. The molecule has 3 aromatic carbocycles. The lowest BCUT2D eigenvalue weighted by Gasteiger charge is -2.30. The van der Waals surface area contributed by atoms with Crippen LogP contribution in [-0.2, 0) is 23.0 Å². The van der Waals surface area contributed by atoms with Crippen LogP contribution in [0.5, 0.6) is 0 Å². The van der Waals surface area contributed by atoms with Crippen LogP contribution in [0.1, 0.15) is 39.0 Å². The molecule has 1 N–H and O–H groups in total. The van der Waals surface area contributed by atoms with Gasteiger partial charge in [-0.1, -0.05) is 47.5 Å². The van der Waals surface area contributed by atoms with Gasteiger partial charge in [-0.25, -0.2) is 8.42 Å². The van der Waals surface area contributed by atoms with Crippen molar-refractivity contribution in [3.63, 3.8) is 0 Å². The lowest BCUT2D eigenvalue weighted by atomic mass is 10.0. The highest BCUT2D eigenvalue weighted by Gasteiger charge is 2.29. The van der Waals surface area contributed by atoms with Crippen LogP contribution in [-0.4, -0.2) is 20.9 Å². The zero-order valence-electron chi connectivity index (χ0n) is 17.8. The van der Waals surface area contributed by atoms with Gasteiger partial charge < -0.3 is 5.32 Å². The number of nitrogens with one attached hydrogen (secondary N) is 1. The molecule has 160 valence electrons. The van der Waals surface area contributed by atoms with Crippen LogP contribution in [0, 0.1) is 13.8 Å². The maximum absolute atomic E-state index is 13.2. The molecule has 4 rings (SSSR count). The van der Waals surface area contributed by atoms with Gasteiger partial charge in [0, 0.05) is 18.7 Å². The molecule has 1 aliphatic rings. The summed E-state index contributed by atoms with van der Waals surface area (Å²) in [6.07, 6.45) is 1.46. The molecule has 0 fully saturated rings. The molecular weight excluding hydrogens is 408 g/mol. The van der Waals surface area contributed by atoms with Crippen molar-refractivity contribution in [2.75, 3.05) is 10.8 Å². The molecular formula is C25H26N2O3S. The van der Waals surface area contributed by atoms with Crippen molar-refractivity contribution in [3.05, 3.63) is 94.5 Å². The van der Waals surface area contributed by atoms with Crippen LogP contribution in [0.2, 0.25) is 0 Å². The zero-order chi connectivity index (χ0) is 22.0. The third-order valence-corrected chi connectivity index (χ3v) is 7.43. The Labute approximate surface area is 183 Å². The van der Waals surface area contributed by atoms with Crippen LogP contribution in [0.25, 0.3) is 0 Å². The van der Waals surface area contributed by atoms with Gasteiger partial charge in [0.05, 0.1) is 10.6 Å². The lowest BCUT2D eigenvalue weighted by molar-refractivity contribution is 0.0951. The molecule has 0 aliphatic carbocycles. The van der Waals surface area contributed by atoms with Gasteiger partial charge in [-0.05, 0) is 68.1 Å². The molecule has 0 saturated heterocycles. The Morgan fingerprint density at radius 1 is 0.935 bits per heavy atom. The van der Waals surface area contributed by atoms with Gasteiger partial charge in [0.1, 0.15) is 0 Å². The molecule has 0 radical (unpaired) electrons. The number of carbonyl (C=O) groups is 1. The van der Waals surface area contributed by atoms with Gasteiger partial charge in [-0.3, -0.25) is 9.10 Å². The second kappa shape index (κ2) is 8.55. The SMILES string of the molecule is Cc1ccc(CNC(=O)c2ccc3c(c2)CCCN3S(=O)(=O)c2ccc(C)cc2)cc1. The first-order chi connectivity index (χ1) is 14.8. The number of rotatable bonds is 5.